The Morgan fingerprint density at radius 3 is 2.83 bits per heavy atom. The molecule has 0 aliphatic carbocycles. The first-order valence-corrected chi connectivity index (χ1v) is 5.51. The monoisotopic (exact) mass is 255 g/mol. The van der Waals surface area contributed by atoms with Crippen LogP contribution >= 0.6 is 0 Å². The predicted octanol–water partition coefficient (Wildman–Crippen LogP) is 0.757. The lowest BCUT2D eigenvalue weighted by Crippen LogP contribution is -2.16. The number of hydrogen-bond acceptors (Lipinski definition) is 7. The van der Waals surface area contributed by atoms with Crippen molar-refractivity contribution in [2.45, 2.75) is 6.42 Å². The topological polar surface area (TPSA) is 93.4 Å². The fourth-order valence-electron chi connectivity index (χ4n) is 1.26. The maximum absolute atomic E-state index is 10.8. The second kappa shape index (κ2) is 6.70. The largest absolute Gasteiger partial charge is 0.473 e. The molecule has 1 rings (SSSR count). The third kappa shape index (κ3) is 4.13. The molecule has 0 radical (unpaired) electrons. The molecule has 0 spiro atoms. The molecule has 0 unspecified atom stereocenters. The van der Waals surface area contributed by atoms with Crippen molar-refractivity contribution in [3.8, 4) is 5.88 Å². The maximum Gasteiger partial charge on any atom is 0.349 e. The van der Waals surface area contributed by atoms with Crippen LogP contribution in [0.25, 0.3) is 0 Å². The van der Waals surface area contributed by atoms with Crippen LogP contribution in [-0.4, -0.2) is 54.1 Å². The quantitative estimate of drug-likeness (QED) is 0.436. The first-order chi connectivity index (χ1) is 8.54. The summed E-state index contributed by atoms with van der Waals surface area (Å²) >= 11 is 0. The third-order valence-corrected chi connectivity index (χ3v) is 2.14. The van der Waals surface area contributed by atoms with Gasteiger partial charge in [0.2, 0.25) is 5.95 Å². The van der Waals surface area contributed by atoms with Crippen molar-refractivity contribution in [3.63, 3.8) is 0 Å². The Labute approximate surface area is 105 Å². The lowest BCUT2D eigenvalue weighted by molar-refractivity contribution is -0.386. The van der Waals surface area contributed by atoms with Crippen molar-refractivity contribution in [2.75, 3.05) is 39.6 Å². The summed E-state index contributed by atoms with van der Waals surface area (Å²) in [6.45, 7) is 1.22. The summed E-state index contributed by atoms with van der Waals surface area (Å²) in [5.74, 6) is 0.293. The van der Waals surface area contributed by atoms with Gasteiger partial charge in [0.05, 0.1) is 11.5 Å². The number of rotatable bonds is 7. The lowest BCUT2D eigenvalue weighted by atomic mass is 10.4. The molecule has 0 amide bonds. The molecule has 18 heavy (non-hydrogen) atoms. The molecule has 8 nitrogen and oxygen atoms in total. The first-order valence-electron chi connectivity index (χ1n) is 5.51. The Balaban J connectivity index is 2.69. The van der Waals surface area contributed by atoms with Crippen molar-refractivity contribution in [1.29, 1.82) is 0 Å². The average molecular weight is 255 g/mol. The van der Waals surface area contributed by atoms with Gasteiger partial charge < -0.3 is 15.0 Å². The van der Waals surface area contributed by atoms with Crippen LogP contribution in [0.4, 0.5) is 11.6 Å². The van der Waals surface area contributed by atoms with Gasteiger partial charge in [0.15, 0.2) is 0 Å². The van der Waals surface area contributed by atoms with E-state index >= 15 is 0 Å². The normalized spacial score (nSPS) is 10.4. The van der Waals surface area contributed by atoms with Crippen LogP contribution in [0.15, 0.2) is 6.20 Å². The van der Waals surface area contributed by atoms with Crippen molar-refractivity contribution >= 4 is 11.6 Å². The smallest absolute Gasteiger partial charge is 0.349 e. The van der Waals surface area contributed by atoms with Crippen LogP contribution in [0.2, 0.25) is 0 Å². The first kappa shape index (κ1) is 14.1. The van der Waals surface area contributed by atoms with Crippen molar-refractivity contribution in [3.05, 3.63) is 16.3 Å². The van der Waals surface area contributed by atoms with E-state index in [0.717, 1.165) is 19.2 Å². The van der Waals surface area contributed by atoms with Gasteiger partial charge in [-0.25, -0.2) is 4.98 Å². The van der Waals surface area contributed by atoms with Crippen LogP contribution < -0.4 is 10.1 Å². The van der Waals surface area contributed by atoms with Gasteiger partial charge in [-0.05, 0) is 20.5 Å². The number of hydrogen-bond donors (Lipinski definition) is 1. The molecule has 0 atom stereocenters. The van der Waals surface area contributed by atoms with Gasteiger partial charge in [0.1, 0.15) is 6.20 Å². The number of aromatic nitrogens is 2. The van der Waals surface area contributed by atoms with Gasteiger partial charge in [0, 0.05) is 13.6 Å². The van der Waals surface area contributed by atoms with Crippen LogP contribution in [0.3, 0.4) is 0 Å². The minimum atomic E-state index is -0.555. The summed E-state index contributed by atoms with van der Waals surface area (Å²) in [5.41, 5.74) is -0.223. The summed E-state index contributed by atoms with van der Waals surface area (Å²) in [4.78, 5) is 19.9. The molecule has 0 aromatic carbocycles. The Hall–Kier alpha value is -1.96. The molecule has 100 valence electrons. The summed E-state index contributed by atoms with van der Waals surface area (Å²) in [5, 5.41) is 13.5. The maximum atomic E-state index is 10.8. The van der Waals surface area contributed by atoms with E-state index in [9.17, 15) is 10.1 Å². The Morgan fingerprint density at radius 2 is 2.28 bits per heavy atom. The van der Waals surface area contributed by atoms with Crippen molar-refractivity contribution < 1.29 is 9.66 Å². The van der Waals surface area contributed by atoms with Gasteiger partial charge in [0.25, 0.3) is 5.88 Å². The van der Waals surface area contributed by atoms with Crippen LogP contribution in [0.1, 0.15) is 6.42 Å². The third-order valence-electron chi connectivity index (χ3n) is 2.14. The molecule has 0 saturated carbocycles. The second-order valence-corrected chi connectivity index (χ2v) is 3.90. The minimum Gasteiger partial charge on any atom is -0.473 e. The van der Waals surface area contributed by atoms with E-state index in [1.807, 2.05) is 19.0 Å². The molecule has 0 bridgehead atoms. The van der Waals surface area contributed by atoms with Crippen LogP contribution in [0, 0.1) is 10.1 Å². The van der Waals surface area contributed by atoms with Crippen molar-refractivity contribution in [1.82, 2.24) is 14.9 Å². The van der Waals surface area contributed by atoms with Crippen molar-refractivity contribution in [2.24, 2.45) is 0 Å². The molecule has 1 aromatic heterocycles. The van der Waals surface area contributed by atoms with Gasteiger partial charge >= 0.3 is 5.69 Å². The molecule has 1 aromatic rings. The fourth-order valence-corrected chi connectivity index (χ4v) is 1.26. The van der Waals surface area contributed by atoms with Gasteiger partial charge in [-0.3, -0.25) is 10.1 Å². The lowest BCUT2D eigenvalue weighted by Gasteiger charge is -2.10. The standard InChI is InChI=1S/C10H17N5O3/c1-11-10-12-7-8(15(16)17)9(13-10)18-6-4-5-14(2)3/h7H,4-6H2,1-3H3,(H,11,12,13). The molecule has 1 heterocycles. The highest BCUT2D eigenvalue weighted by Crippen LogP contribution is 2.24. The van der Waals surface area contributed by atoms with E-state index in [4.69, 9.17) is 4.74 Å². The Morgan fingerprint density at radius 1 is 1.56 bits per heavy atom. The summed E-state index contributed by atoms with van der Waals surface area (Å²) < 4.78 is 5.33. The number of ether oxygens (including phenoxy) is 1. The molecule has 0 aliphatic rings. The zero-order valence-corrected chi connectivity index (χ0v) is 10.7. The second-order valence-electron chi connectivity index (χ2n) is 3.90. The van der Waals surface area contributed by atoms with Gasteiger partial charge in [-0.15, -0.1) is 0 Å². The van der Waals surface area contributed by atoms with Crippen LogP contribution in [0.5, 0.6) is 5.88 Å². The summed E-state index contributed by atoms with van der Waals surface area (Å²) in [6, 6.07) is 0. The fraction of sp³-hybridized carbons (Fsp3) is 0.600. The van der Waals surface area contributed by atoms with Crippen LogP contribution in [-0.2, 0) is 0 Å². The van der Waals surface area contributed by atoms with Gasteiger partial charge in [-0.2, -0.15) is 4.98 Å². The highest BCUT2D eigenvalue weighted by Gasteiger charge is 2.18. The summed E-state index contributed by atoms with van der Waals surface area (Å²) in [6.07, 6.45) is 1.91. The molecular formula is C10H17N5O3. The number of nitro groups is 1. The molecule has 1 N–H and O–H groups in total. The number of nitrogens with one attached hydrogen (secondary N) is 1. The zero-order chi connectivity index (χ0) is 13.5. The number of nitrogens with zero attached hydrogens (tertiary/aromatic N) is 4. The average Bonchev–Trinajstić information content (AvgIpc) is 2.33. The Kier molecular flexibility index (Phi) is 5.25. The van der Waals surface area contributed by atoms with E-state index in [0.29, 0.717) is 12.6 Å². The summed E-state index contributed by atoms with van der Waals surface area (Å²) in [7, 11) is 5.54. The molecule has 0 saturated heterocycles. The van der Waals surface area contributed by atoms with Gasteiger partial charge in [-0.1, -0.05) is 0 Å². The SMILES string of the molecule is CNc1ncc([N+](=O)[O-])c(OCCCN(C)C)n1. The van der Waals surface area contributed by atoms with E-state index in [1.54, 1.807) is 7.05 Å². The zero-order valence-electron chi connectivity index (χ0n) is 10.7. The molecular weight excluding hydrogens is 238 g/mol. The predicted molar refractivity (Wildman–Crippen MR) is 66.9 cm³/mol. The van der Waals surface area contributed by atoms with E-state index < -0.39 is 4.92 Å². The highest BCUT2D eigenvalue weighted by molar-refractivity contribution is 5.42. The van der Waals surface area contributed by atoms with E-state index in [1.165, 1.54) is 0 Å². The Bertz CT molecular complexity index is 410. The van der Waals surface area contributed by atoms with E-state index in [-0.39, 0.29) is 11.6 Å². The molecule has 0 fully saturated rings. The molecule has 0 aliphatic heterocycles. The minimum absolute atomic E-state index is 0.00175. The number of anilines is 1. The highest BCUT2D eigenvalue weighted by atomic mass is 16.6. The van der Waals surface area contributed by atoms with E-state index in [2.05, 4.69) is 15.3 Å². The molecule has 8 heteroatoms.